The largest absolute Gasteiger partial charge is 0.323 e. The fraction of sp³-hybridized carbons (Fsp3) is 0.500. The molecule has 17 heavy (non-hydrogen) atoms. The molecule has 1 aromatic carbocycles. The molecule has 0 saturated heterocycles. The van der Waals surface area contributed by atoms with Crippen LogP contribution in [0.4, 0.5) is 0 Å². The summed E-state index contributed by atoms with van der Waals surface area (Å²) in [4.78, 5) is 4.72. The van der Waals surface area contributed by atoms with Crippen LogP contribution < -0.4 is 0 Å². The van der Waals surface area contributed by atoms with Crippen LogP contribution in [0.1, 0.15) is 33.0 Å². The van der Waals surface area contributed by atoms with E-state index >= 15 is 0 Å². The van der Waals surface area contributed by atoms with Crippen molar-refractivity contribution in [3.8, 4) is 0 Å². The molecule has 0 fully saturated rings. The van der Waals surface area contributed by atoms with Crippen LogP contribution in [0.25, 0.3) is 11.0 Å². The molecule has 1 aromatic heterocycles. The quantitative estimate of drug-likeness (QED) is 0.754. The molecule has 2 nitrogen and oxygen atoms in total. The number of nitrogens with zero attached hydrogens (tertiary/aromatic N) is 2. The summed E-state index contributed by atoms with van der Waals surface area (Å²) in [6, 6.07) is 8.31. The van der Waals surface area contributed by atoms with Crippen LogP contribution in [0.2, 0.25) is 0 Å². The molecule has 0 radical (unpaired) electrons. The van der Waals surface area contributed by atoms with E-state index in [0.717, 1.165) is 24.2 Å². The van der Waals surface area contributed by atoms with Crippen LogP contribution in [-0.4, -0.2) is 15.4 Å². The molecule has 0 amide bonds. The normalized spacial score (nSPS) is 12.2. The fourth-order valence-electron chi connectivity index (χ4n) is 2.22. The number of hydrogen-bond donors (Lipinski definition) is 0. The van der Waals surface area contributed by atoms with Gasteiger partial charge in [-0.15, -0.1) is 11.6 Å². The van der Waals surface area contributed by atoms with Gasteiger partial charge in [-0.2, -0.15) is 0 Å². The van der Waals surface area contributed by atoms with Crippen molar-refractivity contribution in [3.05, 3.63) is 30.1 Å². The molecule has 2 rings (SSSR count). The van der Waals surface area contributed by atoms with E-state index in [1.165, 1.54) is 5.52 Å². The lowest BCUT2D eigenvalue weighted by Crippen LogP contribution is -2.24. The third-order valence-corrected chi connectivity index (χ3v) is 3.10. The van der Waals surface area contributed by atoms with E-state index in [4.69, 9.17) is 16.6 Å². The molecule has 0 aliphatic heterocycles. The summed E-state index contributed by atoms with van der Waals surface area (Å²) in [5.41, 5.74) is 2.34. The first-order valence-electron chi connectivity index (χ1n) is 6.07. The molecule has 0 unspecified atom stereocenters. The first kappa shape index (κ1) is 12.4. The summed E-state index contributed by atoms with van der Waals surface area (Å²) >= 11 is 5.78. The molecule has 0 atom stereocenters. The van der Waals surface area contributed by atoms with Crippen LogP contribution >= 0.6 is 11.6 Å². The van der Waals surface area contributed by atoms with Gasteiger partial charge in [0.25, 0.3) is 0 Å². The van der Waals surface area contributed by atoms with Crippen molar-refractivity contribution in [3.63, 3.8) is 0 Å². The van der Waals surface area contributed by atoms with E-state index in [1.54, 1.807) is 0 Å². The van der Waals surface area contributed by atoms with Crippen LogP contribution in [0, 0.1) is 0 Å². The average molecular weight is 251 g/mol. The molecule has 0 aliphatic rings. The molecule has 1 heterocycles. The minimum atomic E-state index is 0.0533. The Balaban J connectivity index is 2.57. The van der Waals surface area contributed by atoms with Gasteiger partial charge in [0.05, 0.1) is 11.0 Å². The monoisotopic (exact) mass is 250 g/mol. The molecule has 0 aliphatic carbocycles. The van der Waals surface area contributed by atoms with E-state index in [9.17, 15) is 0 Å². The Hall–Kier alpha value is -1.02. The number of imidazole rings is 1. The van der Waals surface area contributed by atoms with Gasteiger partial charge in [0.1, 0.15) is 5.82 Å². The fourth-order valence-corrected chi connectivity index (χ4v) is 2.35. The predicted molar refractivity (Wildman–Crippen MR) is 73.8 cm³/mol. The van der Waals surface area contributed by atoms with Crippen molar-refractivity contribution in [2.24, 2.45) is 0 Å². The Morgan fingerprint density at radius 1 is 1.24 bits per heavy atom. The standard InChI is InChI=1S/C14H19ClN2/c1-14(2,3)17-12-8-5-4-7-11(12)16-13(17)9-6-10-15/h4-5,7-8H,6,9-10H2,1-3H3. The summed E-state index contributed by atoms with van der Waals surface area (Å²) in [7, 11) is 0. The molecular weight excluding hydrogens is 232 g/mol. The van der Waals surface area contributed by atoms with Gasteiger partial charge in [-0.3, -0.25) is 0 Å². The van der Waals surface area contributed by atoms with Crippen LogP contribution in [0.3, 0.4) is 0 Å². The van der Waals surface area contributed by atoms with Crippen molar-refractivity contribution in [2.75, 3.05) is 5.88 Å². The first-order chi connectivity index (χ1) is 8.04. The number of halogens is 1. The zero-order valence-electron chi connectivity index (χ0n) is 10.7. The topological polar surface area (TPSA) is 17.8 Å². The van der Waals surface area contributed by atoms with Crippen molar-refractivity contribution < 1.29 is 0 Å². The highest BCUT2D eigenvalue weighted by atomic mass is 35.5. The summed E-state index contributed by atoms with van der Waals surface area (Å²) in [5, 5.41) is 0. The van der Waals surface area contributed by atoms with Crippen LogP contribution in [0.15, 0.2) is 24.3 Å². The summed E-state index contributed by atoms with van der Waals surface area (Å²) in [5.74, 6) is 1.83. The van der Waals surface area contributed by atoms with E-state index in [1.807, 2.05) is 6.07 Å². The highest BCUT2D eigenvalue weighted by Gasteiger charge is 2.20. The Morgan fingerprint density at radius 3 is 2.59 bits per heavy atom. The van der Waals surface area contributed by atoms with Gasteiger partial charge in [-0.25, -0.2) is 4.98 Å². The second-order valence-electron chi connectivity index (χ2n) is 5.32. The highest BCUT2D eigenvalue weighted by molar-refractivity contribution is 6.17. The number of alkyl halides is 1. The van der Waals surface area contributed by atoms with Gasteiger partial charge in [0, 0.05) is 17.8 Å². The van der Waals surface area contributed by atoms with Crippen LogP contribution in [-0.2, 0) is 12.0 Å². The van der Waals surface area contributed by atoms with Crippen LogP contribution in [0.5, 0.6) is 0 Å². The number of aromatic nitrogens is 2. The Bertz CT molecular complexity index is 508. The number of fused-ring (bicyclic) bond motifs is 1. The van der Waals surface area contributed by atoms with Gasteiger partial charge >= 0.3 is 0 Å². The summed E-state index contributed by atoms with van der Waals surface area (Å²) in [6.45, 7) is 6.64. The molecule has 0 saturated carbocycles. The Labute approximate surface area is 108 Å². The van der Waals surface area contributed by atoms with Crippen molar-refractivity contribution in [1.82, 2.24) is 9.55 Å². The Morgan fingerprint density at radius 2 is 1.94 bits per heavy atom. The number of para-hydroxylation sites is 2. The maximum Gasteiger partial charge on any atom is 0.110 e. The number of hydrogen-bond acceptors (Lipinski definition) is 1. The van der Waals surface area contributed by atoms with Crippen molar-refractivity contribution >= 4 is 22.6 Å². The minimum Gasteiger partial charge on any atom is -0.323 e. The summed E-state index contributed by atoms with van der Waals surface area (Å²) in [6.07, 6.45) is 1.91. The lowest BCUT2D eigenvalue weighted by Gasteiger charge is -2.24. The SMILES string of the molecule is CC(C)(C)n1c(CCCCl)nc2ccccc21. The molecule has 2 aromatic rings. The van der Waals surface area contributed by atoms with Crippen molar-refractivity contribution in [1.29, 1.82) is 0 Å². The van der Waals surface area contributed by atoms with E-state index in [0.29, 0.717) is 5.88 Å². The first-order valence-corrected chi connectivity index (χ1v) is 6.60. The van der Waals surface area contributed by atoms with Gasteiger partial charge < -0.3 is 4.57 Å². The second kappa shape index (κ2) is 4.69. The molecule has 92 valence electrons. The Kier molecular flexibility index (Phi) is 3.43. The third-order valence-electron chi connectivity index (χ3n) is 2.84. The lowest BCUT2D eigenvalue weighted by atomic mass is 10.1. The maximum absolute atomic E-state index is 5.78. The molecule has 0 spiro atoms. The molecule has 0 N–H and O–H groups in total. The number of benzene rings is 1. The highest BCUT2D eigenvalue weighted by Crippen LogP contribution is 2.25. The van der Waals surface area contributed by atoms with Gasteiger partial charge in [0.15, 0.2) is 0 Å². The lowest BCUT2D eigenvalue weighted by molar-refractivity contribution is 0.393. The predicted octanol–water partition coefficient (Wildman–Crippen LogP) is 3.96. The third kappa shape index (κ3) is 2.47. The summed E-state index contributed by atoms with van der Waals surface area (Å²) < 4.78 is 2.33. The number of aryl methyl sites for hydroxylation is 1. The maximum atomic E-state index is 5.78. The zero-order valence-corrected chi connectivity index (χ0v) is 11.5. The van der Waals surface area contributed by atoms with Gasteiger partial charge in [-0.1, -0.05) is 12.1 Å². The van der Waals surface area contributed by atoms with Crippen molar-refractivity contribution in [2.45, 2.75) is 39.2 Å². The van der Waals surface area contributed by atoms with E-state index < -0.39 is 0 Å². The number of rotatable bonds is 3. The molecule has 3 heteroatoms. The molecule has 0 bridgehead atoms. The smallest absolute Gasteiger partial charge is 0.110 e. The molecular formula is C14H19ClN2. The zero-order chi connectivity index (χ0) is 12.5. The van der Waals surface area contributed by atoms with E-state index in [2.05, 4.69) is 43.5 Å². The van der Waals surface area contributed by atoms with Gasteiger partial charge in [0.2, 0.25) is 0 Å². The average Bonchev–Trinajstić information content (AvgIpc) is 2.63. The van der Waals surface area contributed by atoms with E-state index in [-0.39, 0.29) is 5.54 Å². The van der Waals surface area contributed by atoms with Gasteiger partial charge in [-0.05, 0) is 39.3 Å². The minimum absolute atomic E-state index is 0.0533. The second-order valence-corrected chi connectivity index (χ2v) is 5.69.